The molecule has 0 atom stereocenters. The van der Waals surface area contributed by atoms with Crippen LogP contribution in [0.25, 0.3) is 16.6 Å². The maximum absolute atomic E-state index is 12.7. The Morgan fingerprint density at radius 1 is 1.04 bits per heavy atom. The van der Waals surface area contributed by atoms with Crippen molar-refractivity contribution in [3.05, 3.63) is 53.7 Å². The standard InChI is InChI=1S/C23H23NO4/c1-5-14-28-19-12-13-21-20(15-19)22(23(25)27-7-3)16(4)24(21)17-8-10-18(11-9-17)26-6-2/h1,8-13,15H,6-7,14H2,2-4H3. The van der Waals surface area contributed by atoms with E-state index in [0.29, 0.717) is 24.5 Å². The van der Waals surface area contributed by atoms with Crippen LogP contribution in [0, 0.1) is 19.3 Å². The molecule has 0 spiro atoms. The van der Waals surface area contributed by atoms with Crippen LogP contribution in [0.2, 0.25) is 0 Å². The van der Waals surface area contributed by atoms with E-state index in [4.69, 9.17) is 20.6 Å². The summed E-state index contributed by atoms with van der Waals surface area (Å²) in [6.45, 7) is 6.73. The van der Waals surface area contributed by atoms with Crippen molar-refractivity contribution in [2.24, 2.45) is 0 Å². The first-order valence-electron chi connectivity index (χ1n) is 9.22. The first kappa shape index (κ1) is 19.4. The summed E-state index contributed by atoms with van der Waals surface area (Å²) in [6, 6.07) is 13.4. The topological polar surface area (TPSA) is 49.7 Å². The first-order chi connectivity index (χ1) is 13.6. The number of benzene rings is 2. The molecule has 0 aliphatic rings. The van der Waals surface area contributed by atoms with Gasteiger partial charge >= 0.3 is 5.97 Å². The molecule has 3 rings (SSSR count). The predicted molar refractivity (Wildman–Crippen MR) is 109 cm³/mol. The smallest absolute Gasteiger partial charge is 0.340 e. The van der Waals surface area contributed by atoms with E-state index < -0.39 is 0 Å². The van der Waals surface area contributed by atoms with Crippen molar-refractivity contribution in [2.45, 2.75) is 20.8 Å². The van der Waals surface area contributed by atoms with Gasteiger partial charge in [-0.1, -0.05) is 5.92 Å². The van der Waals surface area contributed by atoms with Crippen molar-refractivity contribution >= 4 is 16.9 Å². The summed E-state index contributed by atoms with van der Waals surface area (Å²) in [6.07, 6.45) is 5.28. The van der Waals surface area contributed by atoms with Gasteiger partial charge < -0.3 is 18.8 Å². The Kier molecular flexibility index (Phi) is 5.90. The van der Waals surface area contributed by atoms with Crippen molar-refractivity contribution in [1.82, 2.24) is 4.57 Å². The van der Waals surface area contributed by atoms with Gasteiger partial charge in [0.15, 0.2) is 0 Å². The van der Waals surface area contributed by atoms with Crippen LogP contribution in [0.5, 0.6) is 11.5 Å². The highest BCUT2D eigenvalue weighted by molar-refractivity contribution is 6.07. The summed E-state index contributed by atoms with van der Waals surface area (Å²) in [7, 11) is 0. The van der Waals surface area contributed by atoms with Gasteiger partial charge in [0.2, 0.25) is 0 Å². The molecule has 0 N–H and O–H groups in total. The lowest BCUT2D eigenvalue weighted by molar-refractivity contribution is 0.0527. The average Bonchev–Trinajstić information content (AvgIpc) is 2.98. The second kappa shape index (κ2) is 8.53. The monoisotopic (exact) mass is 377 g/mol. The van der Waals surface area contributed by atoms with Gasteiger partial charge in [0.25, 0.3) is 0 Å². The second-order valence-electron chi connectivity index (χ2n) is 6.11. The SMILES string of the molecule is C#CCOc1ccc2c(c1)c(C(=O)OCC)c(C)n2-c1ccc(OCC)cc1. The third-order valence-corrected chi connectivity index (χ3v) is 4.38. The lowest BCUT2D eigenvalue weighted by Crippen LogP contribution is -2.07. The van der Waals surface area contributed by atoms with Crippen molar-refractivity contribution in [3.8, 4) is 29.5 Å². The number of nitrogens with zero attached hydrogens (tertiary/aromatic N) is 1. The molecule has 144 valence electrons. The number of aromatic nitrogens is 1. The van der Waals surface area contributed by atoms with E-state index in [2.05, 4.69) is 5.92 Å². The van der Waals surface area contributed by atoms with Crippen molar-refractivity contribution < 1.29 is 19.0 Å². The van der Waals surface area contributed by atoms with Crippen LogP contribution in [-0.4, -0.2) is 30.4 Å². The van der Waals surface area contributed by atoms with Crippen molar-refractivity contribution in [1.29, 1.82) is 0 Å². The zero-order valence-corrected chi connectivity index (χ0v) is 16.3. The van der Waals surface area contributed by atoms with Gasteiger partial charge in [-0.25, -0.2) is 4.79 Å². The lowest BCUT2D eigenvalue weighted by atomic mass is 10.1. The molecule has 0 saturated carbocycles. The molecule has 5 nitrogen and oxygen atoms in total. The van der Waals surface area contributed by atoms with Crippen LogP contribution in [0.1, 0.15) is 29.9 Å². The molecule has 5 heteroatoms. The zero-order valence-electron chi connectivity index (χ0n) is 16.3. The molecule has 0 aliphatic heterocycles. The largest absolute Gasteiger partial charge is 0.494 e. The highest BCUT2D eigenvalue weighted by Gasteiger charge is 2.22. The Morgan fingerprint density at radius 2 is 1.75 bits per heavy atom. The van der Waals surface area contributed by atoms with Crippen LogP contribution in [0.15, 0.2) is 42.5 Å². The minimum absolute atomic E-state index is 0.166. The van der Waals surface area contributed by atoms with Crippen LogP contribution >= 0.6 is 0 Å². The van der Waals surface area contributed by atoms with Gasteiger partial charge in [-0.3, -0.25) is 0 Å². The summed E-state index contributed by atoms with van der Waals surface area (Å²) in [5, 5.41) is 0.763. The summed E-state index contributed by atoms with van der Waals surface area (Å²) in [5.74, 6) is 3.50. The molecule has 0 unspecified atom stereocenters. The van der Waals surface area contributed by atoms with Crippen LogP contribution in [0.4, 0.5) is 0 Å². The average molecular weight is 377 g/mol. The molecule has 0 aliphatic carbocycles. The molecule has 1 aromatic heterocycles. The van der Waals surface area contributed by atoms with Gasteiger partial charge in [0, 0.05) is 16.8 Å². The zero-order chi connectivity index (χ0) is 20.1. The third kappa shape index (κ3) is 3.67. The van der Waals surface area contributed by atoms with Gasteiger partial charge in [0.1, 0.15) is 18.1 Å². The molecule has 2 aromatic carbocycles. The van der Waals surface area contributed by atoms with E-state index in [-0.39, 0.29) is 12.6 Å². The fraction of sp³-hybridized carbons (Fsp3) is 0.261. The maximum atomic E-state index is 12.7. The molecule has 28 heavy (non-hydrogen) atoms. The van der Waals surface area contributed by atoms with E-state index in [1.807, 2.05) is 60.9 Å². The van der Waals surface area contributed by atoms with Crippen molar-refractivity contribution in [3.63, 3.8) is 0 Å². The molecule has 1 heterocycles. The minimum Gasteiger partial charge on any atom is -0.494 e. The number of esters is 1. The maximum Gasteiger partial charge on any atom is 0.340 e. The highest BCUT2D eigenvalue weighted by Crippen LogP contribution is 2.33. The molecule has 0 fully saturated rings. The Balaban J connectivity index is 2.17. The summed E-state index contributed by atoms with van der Waals surface area (Å²) >= 11 is 0. The Morgan fingerprint density at radius 3 is 2.39 bits per heavy atom. The number of carbonyl (C=O) groups excluding carboxylic acids is 1. The fourth-order valence-corrected chi connectivity index (χ4v) is 3.26. The Hall–Kier alpha value is -3.39. The van der Waals surface area contributed by atoms with E-state index in [1.165, 1.54) is 0 Å². The molecular formula is C23H23NO4. The third-order valence-electron chi connectivity index (χ3n) is 4.38. The van der Waals surface area contributed by atoms with Gasteiger partial charge in [0.05, 0.1) is 24.3 Å². The van der Waals surface area contributed by atoms with E-state index in [0.717, 1.165) is 28.0 Å². The number of fused-ring (bicyclic) bond motifs is 1. The van der Waals surface area contributed by atoms with E-state index in [9.17, 15) is 4.79 Å². The molecule has 0 amide bonds. The highest BCUT2D eigenvalue weighted by atomic mass is 16.5. The number of ether oxygens (including phenoxy) is 3. The lowest BCUT2D eigenvalue weighted by Gasteiger charge is -2.10. The summed E-state index contributed by atoms with van der Waals surface area (Å²) in [4.78, 5) is 12.7. The molecule has 3 aromatic rings. The van der Waals surface area contributed by atoms with Crippen LogP contribution in [0.3, 0.4) is 0 Å². The van der Waals surface area contributed by atoms with Crippen LogP contribution in [-0.2, 0) is 4.74 Å². The Bertz CT molecular complexity index is 1030. The van der Waals surface area contributed by atoms with E-state index >= 15 is 0 Å². The van der Waals surface area contributed by atoms with Gasteiger partial charge in [-0.05, 0) is 63.2 Å². The summed E-state index contributed by atoms with van der Waals surface area (Å²) < 4.78 is 18.4. The normalized spacial score (nSPS) is 10.5. The second-order valence-corrected chi connectivity index (χ2v) is 6.11. The van der Waals surface area contributed by atoms with E-state index in [1.54, 1.807) is 6.92 Å². The van der Waals surface area contributed by atoms with Crippen molar-refractivity contribution in [2.75, 3.05) is 19.8 Å². The number of terminal acetylenes is 1. The Labute approximate surface area is 164 Å². The number of carbonyl (C=O) groups is 1. The predicted octanol–water partition coefficient (Wildman–Crippen LogP) is 4.53. The number of hydrogen-bond acceptors (Lipinski definition) is 4. The first-order valence-corrected chi connectivity index (χ1v) is 9.22. The molecular weight excluding hydrogens is 354 g/mol. The fourth-order valence-electron chi connectivity index (χ4n) is 3.26. The molecule has 0 radical (unpaired) electrons. The van der Waals surface area contributed by atoms with Crippen LogP contribution < -0.4 is 9.47 Å². The quantitative estimate of drug-likeness (QED) is 0.448. The van der Waals surface area contributed by atoms with Gasteiger partial charge in [-0.2, -0.15) is 0 Å². The molecule has 0 saturated heterocycles. The number of hydrogen-bond donors (Lipinski definition) is 0. The molecule has 0 bridgehead atoms. The number of rotatable bonds is 7. The van der Waals surface area contributed by atoms with Gasteiger partial charge in [-0.15, -0.1) is 6.42 Å². The minimum atomic E-state index is -0.358. The summed E-state index contributed by atoms with van der Waals surface area (Å²) in [5.41, 5.74) is 3.14.